The van der Waals surface area contributed by atoms with E-state index in [9.17, 15) is 0 Å². The zero-order valence-electron chi connectivity index (χ0n) is 12.1. The molecule has 0 heterocycles. The first kappa shape index (κ1) is 19.4. The van der Waals surface area contributed by atoms with E-state index >= 15 is 0 Å². The van der Waals surface area contributed by atoms with Crippen LogP contribution in [0.5, 0.6) is 0 Å². The van der Waals surface area contributed by atoms with Crippen LogP contribution in [0.4, 0.5) is 0 Å². The van der Waals surface area contributed by atoms with E-state index < -0.39 is 0 Å². The monoisotopic (exact) mass is 494 g/mol. The van der Waals surface area contributed by atoms with Crippen LogP contribution < -0.4 is 24.8 Å². The van der Waals surface area contributed by atoms with Crippen LogP contribution in [0.25, 0.3) is 11.1 Å². The summed E-state index contributed by atoms with van der Waals surface area (Å²) in [6, 6.07) is 17.7. The summed E-state index contributed by atoms with van der Waals surface area (Å²) in [5, 5.41) is 0. The Hall–Kier alpha value is -0.630. The summed E-state index contributed by atoms with van der Waals surface area (Å²) in [7, 11) is 0. The Kier molecular flexibility index (Phi) is 7.31. The molecule has 2 aromatic rings. The molecule has 3 heteroatoms. The molecule has 0 spiro atoms. The summed E-state index contributed by atoms with van der Waals surface area (Å²) < 4.78 is 0. The number of rotatable bonds is 2. The first-order valence-corrected chi connectivity index (χ1v) is 6.96. The Morgan fingerprint density at radius 1 is 0.818 bits per heavy atom. The van der Waals surface area contributed by atoms with Crippen molar-refractivity contribution < 1.29 is 50.7 Å². The number of hydrogen-bond donors (Lipinski definition) is 0. The topological polar surface area (TPSA) is 0 Å². The summed E-state index contributed by atoms with van der Waals surface area (Å²) in [5.74, 6) is 0.540. The van der Waals surface area contributed by atoms with E-state index in [4.69, 9.17) is 0 Å². The van der Waals surface area contributed by atoms with E-state index in [2.05, 4.69) is 66.8 Å². The first-order valence-electron chi connectivity index (χ1n) is 6.96. The van der Waals surface area contributed by atoms with Crippen molar-refractivity contribution in [3.05, 3.63) is 83.5 Å². The van der Waals surface area contributed by atoms with Crippen LogP contribution in [-0.2, 0) is 25.8 Å². The molecular formula is C19H16Cl2Hf-2. The number of fused-ring (bicyclic) bond motifs is 3. The van der Waals surface area contributed by atoms with Crippen molar-refractivity contribution in [1.29, 1.82) is 0 Å². The Labute approximate surface area is 163 Å². The van der Waals surface area contributed by atoms with Gasteiger partial charge in [-0.15, -0.1) is 0 Å². The van der Waals surface area contributed by atoms with Crippen molar-refractivity contribution in [3.8, 4) is 11.1 Å². The van der Waals surface area contributed by atoms with E-state index in [0.717, 1.165) is 12.8 Å². The van der Waals surface area contributed by atoms with Gasteiger partial charge in [0.15, 0.2) is 0 Å². The summed E-state index contributed by atoms with van der Waals surface area (Å²) in [6.07, 6.45) is 9.00. The van der Waals surface area contributed by atoms with Crippen LogP contribution >= 0.6 is 0 Å². The second-order valence-electron chi connectivity index (χ2n) is 5.39. The predicted octanol–water partition coefficient (Wildman–Crippen LogP) is -0.919. The van der Waals surface area contributed by atoms with Crippen molar-refractivity contribution in [2.75, 3.05) is 0 Å². The maximum absolute atomic E-state index is 2.29. The van der Waals surface area contributed by atoms with Gasteiger partial charge in [-0.3, -0.25) is 0 Å². The molecule has 0 aromatic heterocycles. The molecule has 2 aliphatic carbocycles. The molecule has 2 aliphatic rings. The van der Waals surface area contributed by atoms with Gasteiger partial charge in [-0.2, -0.15) is 0 Å². The smallest absolute Gasteiger partial charge is 0.0139 e. The van der Waals surface area contributed by atoms with Crippen LogP contribution in [0.15, 0.2) is 72.3 Å². The Bertz CT molecular complexity index is 659. The number of halogens is 2. The quantitative estimate of drug-likeness (QED) is 0.475. The van der Waals surface area contributed by atoms with Crippen LogP contribution in [0.3, 0.4) is 0 Å². The summed E-state index contributed by atoms with van der Waals surface area (Å²) in [6.45, 7) is 0. The molecule has 0 saturated heterocycles. The van der Waals surface area contributed by atoms with Crippen LogP contribution in [0.2, 0.25) is 0 Å². The van der Waals surface area contributed by atoms with Gasteiger partial charge in [-0.05, 0) is 35.1 Å². The third-order valence-corrected chi connectivity index (χ3v) is 4.28. The summed E-state index contributed by atoms with van der Waals surface area (Å²) in [5.41, 5.74) is 7.40. The molecule has 0 fully saturated rings. The standard InChI is InChI=1S/C19H16.2ClH.Hf/c1-2-8-14(7-1)13-19-17-11-5-3-9-15(17)16-10-4-6-12-18(16)19;;;/h1-7,9-12,19H,8,13H2;2*1H;/p-2. The third kappa shape index (κ3) is 3.32. The SMILES string of the molecule is C1=CCC(CC2c3ccccc3-c3ccccc32)=C1.[Cl-].[Cl-].[Hf]. The molecule has 0 bridgehead atoms. The largest absolute Gasteiger partial charge is 1.00 e. The van der Waals surface area contributed by atoms with E-state index in [1.807, 2.05) is 0 Å². The fraction of sp³-hybridized carbons (Fsp3) is 0.158. The maximum atomic E-state index is 2.29. The molecular weight excluding hydrogens is 478 g/mol. The van der Waals surface area contributed by atoms with Gasteiger partial charge in [0.2, 0.25) is 0 Å². The van der Waals surface area contributed by atoms with Gasteiger partial charge >= 0.3 is 0 Å². The molecule has 22 heavy (non-hydrogen) atoms. The van der Waals surface area contributed by atoms with Gasteiger partial charge in [-0.1, -0.05) is 72.3 Å². The molecule has 0 atom stereocenters. The van der Waals surface area contributed by atoms with Crippen LogP contribution in [0.1, 0.15) is 29.9 Å². The number of benzene rings is 2. The van der Waals surface area contributed by atoms with Gasteiger partial charge in [-0.25, -0.2) is 0 Å². The third-order valence-electron chi connectivity index (χ3n) is 4.28. The minimum absolute atomic E-state index is 0. The van der Waals surface area contributed by atoms with Crippen LogP contribution in [-0.4, -0.2) is 0 Å². The van der Waals surface area contributed by atoms with Gasteiger partial charge < -0.3 is 24.8 Å². The molecule has 0 N–H and O–H groups in total. The van der Waals surface area contributed by atoms with Crippen molar-refractivity contribution >= 4 is 0 Å². The van der Waals surface area contributed by atoms with Gasteiger partial charge in [0.25, 0.3) is 0 Å². The molecule has 2 aromatic carbocycles. The number of hydrogen-bond acceptors (Lipinski definition) is 0. The summed E-state index contributed by atoms with van der Waals surface area (Å²) in [4.78, 5) is 0. The van der Waals surface area contributed by atoms with E-state index in [1.54, 1.807) is 5.57 Å². The normalized spacial score (nSPS) is 14.1. The van der Waals surface area contributed by atoms with Crippen molar-refractivity contribution in [2.45, 2.75) is 18.8 Å². The average molecular weight is 494 g/mol. The molecule has 0 radical (unpaired) electrons. The minimum Gasteiger partial charge on any atom is -1.00 e. The molecule has 0 saturated carbocycles. The second-order valence-corrected chi connectivity index (χ2v) is 5.39. The van der Waals surface area contributed by atoms with E-state index in [1.165, 1.54) is 22.3 Å². The van der Waals surface area contributed by atoms with E-state index in [0.29, 0.717) is 5.92 Å². The Morgan fingerprint density at radius 2 is 1.36 bits per heavy atom. The second kappa shape index (κ2) is 8.29. The Balaban J connectivity index is 0.000000807. The summed E-state index contributed by atoms with van der Waals surface area (Å²) >= 11 is 0. The first-order chi connectivity index (χ1) is 9.43. The number of allylic oxidation sites excluding steroid dienone is 4. The zero-order valence-corrected chi connectivity index (χ0v) is 17.2. The molecule has 4 rings (SSSR count). The van der Waals surface area contributed by atoms with Gasteiger partial charge in [0.1, 0.15) is 0 Å². The molecule has 0 unspecified atom stereocenters. The fourth-order valence-corrected chi connectivity index (χ4v) is 3.38. The van der Waals surface area contributed by atoms with Crippen LogP contribution in [0, 0.1) is 0 Å². The minimum atomic E-state index is 0. The van der Waals surface area contributed by atoms with Crippen molar-refractivity contribution in [2.24, 2.45) is 0 Å². The fourth-order valence-electron chi connectivity index (χ4n) is 3.38. The molecule has 0 aliphatic heterocycles. The molecule has 0 nitrogen and oxygen atoms in total. The van der Waals surface area contributed by atoms with Gasteiger partial charge in [0.05, 0.1) is 0 Å². The zero-order chi connectivity index (χ0) is 12.7. The molecule has 0 amide bonds. The van der Waals surface area contributed by atoms with Gasteiger partial charge in [0, 0.05) is 31.8 Å². The van der Waals surface area contributed by atoms with Crippen molar-refractivity contribution in [1.82, 2.24) is 0 Å². The maximum Gasteiger partial charge on any atom is 0.0139 e. The Morgan fingerprint density at radius 3 is 1.86 bits per heavy atom. The van der Waals surface area contributed by atoms with Crippen molar-refractivity contribution in [3.63, 3.8) is 0 Å². The van der Waals surface area contributed by atoms with E-state index in [-0.39, 0.29) is 50.7 Å². The molecule has 112 valence electrons. The average Bonchev–Trinajstić information content (AvgIpc) is 3.08. The predicted molar refractivity (Wildman–Crippen MR) is 80.2 cm³/mol.